The molecule has 39 heavy (non-hydrogen) atoms. The molecule has 10 heteroatoms. The summed E-state index contributed by atoms with van der Waals surface area (Å²) >= 11 is 0. The molecular formula is C29H24F3N3O4. The number of fused-ring (bicyclic) bond motifs is 1. The molecule has 0 atom stereocenters. The molecule has 7 nitrogen and oxygen atoms in total. The maximum absolute atomic E-state index is 13.7. The van der Waals surface area contributed by atoms with Gasteiger partial charge in [0.25, 0.3) is 0 Å². The first-order chi connectivity index (χ1) is 18.6. The molecule has 0 radical (unpaired) electrons. The van der Waals surface area contributed by atoms with E-state index in [0.717, 1.165) is 24.6 Å². The van der Waals surface area contributed by atoms with Gasteiger partial charge in [0, 0.05) is 60.4 Å². The number of aromatic nitrogens is 2. The number of alkyl halides is 3. The van der Waals surface area contributed by atoms with Gasteiger partial charge in [0.05, 0.1) is 11.1 Å². The van der Waals surface area contributed by atoms with E-state index >= 15 is 0 Å². The average molecular weight is 536 g/mol. The first-order valence-corrected chi connectivity index (χ1v) is 12.6. The van der Waals surface area contributed by atoms with Crippen LogP contribution < -0.4 is 10.3 Å². The molecule has 200 valence electrons. The van der Waals surface area contributed by atoms with Crippen molar-refractivity contribution in [2.45, 2.75) is 24.9 Å². The molecule has 0 bridgehead atoms. The summed E-state index contributed by atoms with van der Waals surface area (Å²) in [4.78, 5) is 26.0. The lowest BCUT2D eigenvalue weighted by atomic mass is 9.95. The number of benzene rings is 2. The second-order valence-electron chi connectivity index (χ2n) is 10.1. The van der Waals surface area contributed by atoms with Crippen LogP contribution in [0.3, 0.4) is 0 Å². The number of carbonyl (C=O) groups is 1. The number of hydrogen-bond acceptors (Lipinski definition) is 5. The van der Waals surface area contributed by atoms with Gasteiger partial charge in [-0.15, -0.1) is 0 Å². The van der Waals surface area contributed by atoms with Crippen LogP contribution in [0.2, 0.25) is 0 Å². The molecule has 1 saturated heterocycles. The monoisotopic (exact) mass is 535 g/mol. The maximum Gasteiger partial charge on any atom is 0.417 e. The highest BCUT2D eigenvalue weighted by Gasteiger charge is 2.37. The first-order valence-electron chi connectivity index (χ1n) is 12.6. The number of anilines is 1. The van der Waals surface area contributed by atoms with Gasteiger partial charge >= 0.3 is 12.1 Å². The number of hydrogen-bond donors (Lipinski definition) is 1. The van der Waals surface area contributed by atoms with Crippen molar-refractivity contribution in [1.29, 1.82) is 0 Å². The fourth-order valence-electron chi connectivity index (χ4n) is 5.14. The molecule has 3 heterocycles. The third-order valence-electron chi connectivity index (χ3n) is 7.41. The molecular weight excluding hydrogens is 511 g/mol. The Bertz CT molecular complexity index is 1690. The summed E-state index contributed by atoms with van der Waals surface area (Å²) in [5.74, 6) is -0.299. The molecule has 2 aromatic heterocycles. The van der Waals surface area contributed by atoms with Crippen molar-refractivity contribution in [3.63, 3.8) is 0 Å². The fourth-order valence-corrected chi connectivity index (χ4v) is 5.14. The van der Waals surface area contributed by atoms with Crippen LogP contribution in [0.4, 0.5) is 18.9 Å². The third kappa shape index (κ3) is 4.49. The molecule has 2 fully saturated rings. The minimum atomic E-state index is -4.51. The minimum Gasteiger partial charge on any atom is -0.477 e. The molecule has 1 saturated carbocycles. The van der Waals surface area contributed by atoms with E-state index in [2.05, 4.69) is 10.1 Å². The molecule has 6 rings (SSSR count). The summed E-state index contributed by atoms with van der Waals surface area (Å²) in [6.45, 7) is 1.36. The summed E-state index contributed by atoms with van der Waals surface area (Å²) in [5, 5.41) is 13.7. The lowest BCUT2D eigenvalue weighted by Crippen LogP contribution is -2.45. The molecule has 2 aliphatic rings. The minimum absolute atomic E-state index is 0.00312. The zero-order chi connectivity index (χ0) is 27.5. The number of aromatic carboxylic acids is 1. The van der Waals surface area contributed by atoms with Crippen LogP contribution in [0.1, 0.15) is 46.0 Å². The van der Waals surface area contributed by atoms with Crippen LogP contribution in [0, 0.1) is 5.92 Å². The van der Waals surface area contributed by atoms with Crippen LogP contribution in [-0.2, 0) is 13.2 Å². The van der Waals surface area contributed by atoms with E-state index in [1.807, 2.05) is 18.2 Å². The lowest BCUT2D eigenvalue weighted by molar-refractivity contribution is -0.137. The van der Waals surface area contributed by atoms with Gasteiger partial charge in [-0.1, -0.05) is 35.5 Å². The predicted molar refractivity (Wildman–Crippen MR) is 140 cm³/mol. The van der Waals surface area contributed by atoms with Gasteiger partial charge in [-0.05, 0) is 37.1 Å². The van der Waals surface area contributed by atoms with Gasteiger partial charge in [0.15, 0.2) is 0 Å². The number of carboxylic acid groups (broad SMARTS) is 1. The van der Waals surface area contributed by atoms with E-state index in [4.69, 9.17) is 4.52 Å². The Balaban J connectivity index is 1.25. The zero-order valence-corrected chi connectivity index (χ0v) is 20.9. The number of pyridine rings is 1. The van der Waals surface area contributed by atoms with Crippen molar-refractivity contribution in [2.24, 2.45) is 13.0 Å². The summed E-state index contributed by atoms with van der Waals surface area (Å²) in [5.41, 5.74) is 0.797. The van der Waals surface area contributed by atoms with Gasteiger partial charge in [0.2, 0.25) is 5.43 Å². The van der Waals surface area contributed by atoms with Crippen LogP contribution in [-0.4, -0.2) is 33.9 Å². The Hall–Kier alpha value is -4.34. The summed E-state index contributed by atoms with van der Waals surface area (Å²) < 4.78 is 48.3. The highest BCUT2D eigenvalue weighted by Crippen LogP contribution is 2.46. The van der Waals surface area contributed by atoms with Gasteiger partial charge in [-0.2, -0.15) is 13.2 Å². The van der Waals surface area contributed by atoms with Crippen molar-refractivity contribution in [3.8, 4) is 11.3 Å². The SMILES string of the molecule is Cn1cc(C(=O)O)c(=O)c2ccc(N3CC(C=Cc4c(-c5ccccc5C(F)(F)F)noc4C4CC4)C3)cc21. The van der Waals surface area contributed by atoms with Gasteiger partial charge in [0.1, 0.15) is 17.0 Å². The van der Waals surface area contributed by atoms with Crippen molar-refractivity contribution >= 4 is 28.6 Å². The molecule has 4 aromatic rings. The summed E-state index contributed by atoms with van der Waals surface area (Å²) in [7, 11) is 1.70. The van der Waals surface area contributed by atoms with Gasteiger partial charge in [-0.25, -0.2) is 4.79 Å². The van der Waals surface area contributed by atoms with Crippen molar-refractivity contribution in [3.05, 3.63) is 87.4 Å². The normalized spacial score (nSPS) is 16.3. The highest BCUT2D eigenvalue weighted by molar-refractivity contribution is 5.93. The number of carboxylic acids is 1. The van der Waals surface area contributed by atoms with E-state index in [1.54, 1.807) is 29.8 Å². The molecule has 0 unspecified atom stereocenters. The molecule has 1 aliphatic carbocycles. The van der Waals surface area contributed by atoms with E-state index in [-0.39, 0.29) is 28.7 Å². The Morgan fingerprint density at radius 2 is 1.90 bits per heavy atom. The predicted octanol–water partition coefficient (Wildman–Crippen LogP) is 5.94. The largest absolute Gasteiger partial charge is 0.477 e. The van der Waals surface area contributed by atoms with Crippen molar-refractivity contribution < 1.29 is 27.6 Å². The van der Waals surface area contributed by atoms with Crippen LogP contribution in [0.5, 0.6) is 0 Å². The average Bonchev–Trinajstić information content (AvgIpc) is 3.63. The third-order valence-corrected chi connectivity index (χ3v) is 7.41. The van der Waals surface area contributed by atoms with Gasteiger partial charge in [-0.3, -0.25) is 4.79 Å². The standard InChI is InChI=1S/C29H24F3N3O4/c1-34-15-22(28(37)38)26(36)20-11-9-18(12-24(20)34)35-13-16(14-35)6-10-21-25(33-39-27(21)17-7-8-17)19-4-2-3-5-23(19)29(30,31)32/h2-6,9-12,15-17H,7-8,13-14H2,1H3,(H,37,38). The highest BCUT2D eigenvalue weighted by atomic mass is 19.4. The number of aryl methyl sites for hydroxylation is 1. The quantitative estimate of drug-likeness (QED) is 0.329. The second-order valence-corrected chi connectivity index (χ2v) is 10.1. The van der Waals surface area contributed by atoms with Crippen LogP contribution in [0.25, 0.3) is 28.2 Å². The number of halogens is 3. The topological polar surface area (TPSA) is 88.6 Å². The van der Waals surface area contributed by atoms with E-state index < -0.39 is 23.1 Å². The van der Waals surface area contributed by atoms with E-state index in [0.29, 0.717) is 35.3 Å². The molecule has 2 aromatic carbocycles. The van der Waals surface area contributed by atoms with Crippen molar-refractivity contribution in [1.82, 2.24) is 9.72 Å². The molecule has 0 spiro atoms. The molecule has 1 N–H and O–H groups in total. The summed E-state index contributed by atoms with van der Waals surface area (Å²) in [6.07, 6.45) is 2.49. The smallest absolute Gasteiger partial charge is 0.417 e. The summed E-state index contributed by atoms with van der Waals surface area (Å²) in [6, 6.07) is 10.7. The van der Waals surface area contributed by atoms with Crippen LogP contribution >= 0.6 is 0 Å². The Morgan fingerprint density at radius 1 is 1.15 bits per heavy atom. The lowest BCUT2D eigenvalue weighted by Gasteiger charge is -2.39. The zero-order valence-electron chi connectivity index (χ0n) is 20.9. The maximum atomic E-state index is 13.7. The molecule has 0 amide bonds. The molecule has 1 aliphatic heterocycles. The Kier molecular flexibility index (Phi) is 5.85. The van der Waals surface area contributed by atoms with E-state index in [1.165, 1.54) is 18.3 Å². The Morgan fingerprint density at radius 3 is 2.59 bits per heavy atom. The van der Waals surface area contributed by atoms with Crippen molar-refractivity contribution in [2.75, 3.05) is 18.0 Å². The second kappa shape index (κ2) is 9.14. The van der Waals surface area contributed by atoms with Gasteiger partial charge < -0.3 is 19.1 Å². The van der Waals surface area contributed by atoms with Crippen LogP contribution in [0.15, 0.2) is 64.1 Å². The van der Waals surface area contributed by atoms with E-state index in [9.17, 15) is 27.9 Å². The Labute approximate surface area is 220 Å². The number of nitrogens with zero attached hydrogens (tertiary/aromatic N) is 3. The number of rotatable bonds is 6. The first kappa shape index (κ1) is 25.0. The fraction of sp³-hybridized carbons (Fsp3) is 0.276.